The van der Waals surface area contributed by atoms with Gasteiger partial charge in [-0.2, -0.15) is 24.4 Å². The highest BCUT2D eigenvalue weighted by Crippen LogP contribution is 2.01. The summed E-state index contributed by atoms with van der Waals surface area (Å²) in [6, 6.07) is -4.45. The molecule has 0 rings (SSSR count). The van der Waals surface area contributed by atoms with E-state index >= 15 is 0 Å². The Balaban J connectivity index is 4.85. The Kier molecular flexibility index (Phi) is 12.1. The predicted molar refractivity (Wildman–Crippen MR) is 106 cm³/mol. The van der Waals surface area contributed by atoms with Crippen molar-refractivity contribution < 1.29 is 29.4 Å². The smallest absolute Gasteiger partial charge is 0.327 e. The van der Waals surface area contributed by atoms with Gasteiger partial charge in [0.1, 0.15) is 18.1 Å². The minimum absolute atomic E-state index is 0.165. The highest BCUT2D eigenvalue weighted by molar-refractivity contribution is 7.98. The molecule has 0 heterocycles. The second-order valence-electron chi connectivity index (χ2n) is 5.93. The molecule has 0 saturated carbocycles. The summed E-state index contributed by atoms with van der Waals surface area (Å²) in [7, 11) is 0. The van der Waals surface area contributed by atoms with Crippen LogP contribution < -0.4 is 21.7 Å². The molecule has 156 valence electrons. The van der Waals surface area contributed by atoms with Gasteiger partial charge in [-0.1, -0.05) is 0 Å². The fourth-order valence-corrected chi connectivity index (χ4v) is 2.63. The van der Waals surface area contributed by atoms with Crippen molar-refractivity contribution in [3.05, 3.63) is 0 Å². The van der Waals surface area contributed by atoms with Crippen LogP contribution in [0, 0.1) is 0 Å². The molecule has 0 aliphatic heterocycles. The maximum absolute atomic E-state index is 12.2. The van der Waals surface area contributed by atoms with E-state index < -0.39 is 54.0 Å². The Morgan fingerprint density at radius 3 is 2.11 bits per heavy atom. The van der Waals surface area contributed by atoms with E-state index in [1.807, 2.05) is 6.26 Å². The van der Waals surface area contributed by atoms with Gasteiger partial charge in [0, 0.05) is 5.75 Å². The van der Waals surface area contributed by atoms with Crippen LogP contribution in [-0.2, 0) is 19.2 Å². The first-order chi connectivity index (χ1) is 12.5. The van der Waals surface area contributed by atoms with Crippen molar-refractivity contribution in [1.82, 2.24) is 16.0 Å². The summed E-state index contributed by atoms with van der Waals surface area (Å²) in [5, 5.41) is 25.6. The molecule has 0 aliphatic rings. The average Bonchev–Trinajstić information content (AvgIpc) is 2.60. The molecule has 0 saturated heterocycles. The summed E-state index contributed by atoms with van der Waals surface area (Å²) in [5.74, 6) is -2.88. The van der Waals surface area contributed by atoms with Crippen LogP contribution in [0.15, 0.2) is 0 Å². The summed E-state index contributed by atoms with van der Waals surface area (Å²) in [6.45, 7) is 2.67. The Bertz CT molecular complexity index is 534. The molecule has 0 fully saturated rings. The lowest BCUT2D eigenvalue weighted by atomic mass is 10.1. The summed E-state index contributed by atoms with van der Waals surface area (Å²) >= 11 is 5.36. The van der Waals surface area contributed by atoms with E-state index in [9.17, 15) is 24.3 Å². The molecule has 0 aliphatic carbocycles. The third-order valence-corrected chi connectivity index (χ3v) is 4.59. The summed E-state index contributed by atoms with van der Waals surface area (Å²) in [4.78, 5) is 47.3. The lowest BCUT2D eigenvalue weighted by molar-refractivity contribution is -0.142. The molecule has 0 aromatic rings. The van der Waals surface area contributed by atoms with Crippen LogP contribution >= 0.6 is 24.4 Å². The summed E-state index contributed by atoms with van der Waals surface area (Å²) < 4.78 is 0. The lowest BCUT2D eigenvalue weighted by Crippen LogP contribution is -2.59. The van der Waals surface area contributed by atoms with Gasteiger partial charge >= 0.3 is 5.97 Å². The van der Waals surface area contributed by atoms with Crippen LogP contribution in [0.4, 0.5) is 0 Å². The number of carboxylic acids is 1. The number of hydrogen-bond acceptors (Lipinski definition) is 8. The highest BCUT2D eigenvalue weighted by atomic mass is 32.2. The first kappa shape index (κ1) is 25.5. The van der Waals surface area contributed by atoms with Gasteiger partial charge in [-0.05, 0) is 32.3 Å². The van der Waals surface area contributed by atoms with Crippen LogP contribution in [0.25, 0.3) is 0 Å². The number of aliphatic carboxylic acids is 1. The van der Waals surface area contributed by atoms with Gasteiger partial charge in [0.2, 0.25) is 17.7 Å². The zero-order valence-corrected chi connectivity index (χ0v) is 17.2. The van der Waals surface area contributed by atoms with E-state index in [1.54, 1.807) is 0 Å². The molecule has 5 unspecified atom stereocenters. The zero-order chi connectivity index (χ0) is 21.1. The maximum Gasteiger partial charge on any atom is 0.327 e. The number of thiol groups is 1. The van der Waals surface area contributed by atoms with Gasteiger partial charge in [-0.15, -0.1) is 0 Å². The van der Waals surface area contributed by atoms with E-state index in [-0.39, 0.29) is 5.75 Å². The SMILES string of the molecule is CSCCC(N)C(=O)NC(C)C(=O)NC(C(=O)NC(CS)C(=O)O)C(C)O. The molecule has 27 heavy (non-hydrogen) atoms. The average molecular weight is 425 g/mol. The molecule has 10 nitrogen and oxygen atoms in total. The molecule has 3 amide bonds. The number of nitrogens with one attached hydrogen (secondary N) is 3. The van der Waals surface area contributed by atoms with E-state index in [4.69, 9.17) is 10.8 Å². The van der Waals surface area contributed by atoms with Crippen molar-refractivity contribution in [1.29, 1.82) is 0 Å². The Hall–Kier alpha value is -1.50. The van der Waals surface area contributed by atoms with E-state index in [0.717, 1.165) is 0 Å². The quantitative estimate of drug-likeness (QED) is 0.175. The van der Waals surface area contributed by atoms with Crippen LogP contribution in [0.3, 0.4) is 0 Å². The number of nitrogens with two attached hydrogens (primary N) is 1. The number of hydrogen-bond donors (Lipinski definition) is 7. The topological polar surface area (TPSA) is 171 Å². The number of rotatable bonds is 12. The van der Waals surface area contributed by atoms with Gasteiger partial charge in [-0.3, -0.25) is 14.4 Å². The number of aliphatic hydroxyl groups is 1. The Morgan fingerprint density at radius 1 is 1.07 bits per heavy atom. The van der Waals surface area contributed by atoms with Gasteiger partial charge < -0.3 is 31.9 Å². The van der Waals surface area contributed by atoms with Gasteiger partial charge in [0.25, 0.3) is 0 Å². The minimum atomic E-state index is -1.40. The predicted octanol–water partition coefficient (Wildman–Crippen LogP) is -2.06. The molecule has 12 heteroatoms. The second-order valence-corrected chi connectivity index (χ2v) is 7.28. The number of carbonyl (C=O) groups is 4. The second kappa shape index (κ2) is 12.8. The first-order valence-electron chi connectivity index (χ1n) is 8.22. The number of thioether (sulfide) groups is 1. The van der Waals surface area contributed by atoms with Gasteiger partial charge in [0.15, 0.2) is 0 Å². The van der Waals surface area contributed by atoms with E-state index in [0.29, 0.717) is 12.2 Å². The molecule has 5 atom stereocenters. The molecule has 0 spiro atoms. The van der Waals surface area contributed by atoms with Crippen molar-refractivity contribution in [2.24, 2.45) is 5.73 Å². The van der Waals surface area contributed by atoms with Crippen LogP contribution in [0.2, 0.25) is 0 Å². The number of aliphatic hydroxyl groups excluding tert-OH is 1. The molecular weight excluding hydrogens is 396 g/mol. The maximum atomic E-state index is 12.2. The Morgan fingerprint density at radius 2 is 1.67 bits per heavy atom. The third kappa shape index (κ3) is 9.31. The van der Waals surface area contributed by atoms with Crippen molar-refractivity contribution >= 4 is 48.1 Å². The highest BCUT2D eigenvalue weighted by Gasteiger charge is 2.31. The van der Waals surface area contributed by atoms with Gasteiger partial charge in [0.05, 0.1) is 12.1 Å². The van der Waals surface area contributed by atoms with Crippen LogP contribution in [0.1, 0.15) is 20.3 Å². The molecule has 7 N–H and O–H groups in total. The van der Waals surface area contributed by atoms with Crippen molar-refractivity contribution in [2.45, 2.75) is 50.5 Å². The lowest BCUT2D eigenvalue weighted by Gasteiger charge is -2.25. The van der Waals surface area contributed by atoms with E-state index in [2.05, 4.69) is 28.6 Å². The van der Waals surface area contributed by atoms with Crippen molar-refractivity contribution in [3.63, 3.8) is 0 Å². The molecular formula is C15H28N4O6S2. The van der Waals surface area contributed by atoms with Crippen molar-refractivity contribution in [2.75, 3.05) is 17.8 Å². The molecule has 0 aromatic carbocycles. The molecule has 0 bridgehead atoms. The van der Waals surface area contributed by atoms with Crippen LogP contribution in [0.5, 0.6) is 0 Å². The molecule has 0 radical (unpaired) electrons. The number of amides is 3. The van der Waals surface area contributed by atoms with E-state index in [1.165, 1.54) is 25.6 Å². The number of carboxylic acid groups (broad SMARTS) is 1. The summed E-state index contributed by atoms with van der Waals surface area (Å²) in [6.07, 6.45) is 1.03. The molecule has 0 aromatic heterocycles. The normalized spacial score (nSPS) is 16.4. The minimum Gasteiger partial charge on any atom is -0.480 e. The van der Waals surface area contributed by atoms with Gasteiger partial charge in [-0.25, -0.2) is 4.79 Å². The standard InChI is InChI=1S/C15H28N4O6S2/c1-7(17-13(22)9(16)4-5-27-3)12(21)19-11(8(2)20)14(23)18-10(6-26)15(24)25/h7-11,20,26H,4-6,16H2,1-3H3,(H,17,22)(H,18,23)(H,19,21)(H,24,25). The first-order valence-corrected chi connectivity index (χ1v) is 10.2. The Labute approximate surface area is 167 Å². The fourth-order valence-electron chi connectivity index (χ4n) is 1.89. The number of carbonyl (C=O) groups excluding carboxylic acids is 3. The summed E-state index contributed by atoms with van der Waals surface area (Å²) in [5.41, 5.74) is 5.72. The van der Waals surface area contributed by atoms with Crippen LogP contribution in [-0.4, -0.2) is 81.9 Å². The zero-order valence-electron chi connectivity index (χ0n) is 15.5. The largest absolute Gasteiger partial charge is 0.480 e. The third-order valence-electron chi connectivity index (χ3n) is 3.58. The van der Waals surface area contributed by atoms with Crippen molar-refractivity contribution in [3.8, 4) is 0 Å². The monoisotopic (exact) mass is 424 g/mol. The fraction of sp³-hybridized carbons (Fsp3) is 0.733.